The molecule has 0 amide bonds. The number of aromatic nitrogens is 2. The Bertz CT molecular complexity index is 558. The second-order valence-corrected chi connectivity index (χ2v) is 4.60. The molecule has 2 aromatic rings. The number of hydrogen-bond donors (Lipinski definition) is 1. The molecule has 0 aliphatic carbocycles. The van der Waals surface area contributed by atoms with Crippen LogP contribution in [0.2, 0.25) is 0 Å². The van der Waals surface area contributed by atoms with Crippen LogP contribution >= 0.6 is 0 Å². The van der Waals surface area contributed by atoms with Crippen molar-refractivity contribution in [2.45, 2.75) is 26.7 Å². The van der Waals surface area contributed by atoms with Crippen LogP contribution in [0.4, 0.5) is 0 Å². The summed E-state index contributed by atoms with van der Waals surface area (Å²) in [5.41, 5.74) is 2.67. The molecule has 90 valence electrons. The molecule has 1 unspecified atom stereocenters. The SMILES string of the molecule is Cc1ncn2c(C(C(=O)O)C(C)C)cccc12. The van der Waals surface area contributed by atoms with Gasteiger partial charge in [0.2, 0.25) is 0 Å². The summed E-state index contributed by atoms with van der Waals surface area (Å²) in [5, 5.41) is 9.33. The number of carboxylic acid groups (broad SMARTS) is 1. The molecule has 0 aliphatic rings. The smallest absolute Gasteiger partial charge is 0.312 e. The highest BCUT2D eigenvalue weighted by molar-refractivity contribution is 5.76. The van der Waals surface area contributed by atoms with Crippen molar-refractivity contribution in [2.75, 3.05) is 0 Å². The van der Waals surface area contributed by atoms with Crippen molar-refractivity contribution >= 4 is 11.5 Å². The Kier molecular flexibility index (Phi) is 2.88. The van der Waals surface area contributed by atoms with Gasteiger partial charge in [-0.25, -0.2) is 4.98 Å². The van der Waals surface area contributed by atoms with Crippen molar-refractivity contribution in [2.24, 2.45) is 5.92 Å². The van der Waals surface area contributed by atoms with E-state index in [1.807, 2.05) is 43.4 Å². The molecule has 0 bridgehead atoms. The molecular weight excluding hydrogens is 216 g/mol. The largest absolute Gasteiger partial charge is 0.481 e. The summed E-state index contributed by atoms with van der Waals surface area (Å²) in [7, 11) is 0. The normalized spacial score (nSPS) is 13.2. The summed E-state index contributed by atoms with van der Waals surface area (Å²) in [5.74, 6) is -1.26. The quantitative estimate of drug-likeness (QED) is 0.884. The first-order valence-electron chi connectivity index (χ1n) is 5.67. The average molecular weight is 232 g/mol. The zero-order valence-corrected chi connectivity index (χ0v) is 10.2. The monoisotopic (exact) mass is 232 g/mol. The Morgan fingerprint density at radius 2 is 2.12 bits per heavy atom. The van der Waals surface area contributed by atoms with E-state index in [1.54, 1.807) is 6.33 Å². The van der Waals surface area contributed by atoms with Crippen LogP contribution in [0.5, 0.6) is 0 Å². The number of carboxylic acids is 1. The maximum atomic E-state index is 11.4. The molecule has 1 N–H and O–H groups in total. The number of imidazole rings is 1. The van der Waals surface area contributed by atoms with Crippen LogP contribution in [0.1, 0.15) is 31.2 Å². The van der Waals surface area contributed by atoms with Crippen LogP contribution in [0.3, 0.4) is 0 Å². The van der Waals surface area contributed by atoms with Crippen LogP contribution in [0.15, 0.2) is 24.5 Å². The van der Waals surface area contributed by atoms with Gasteiger partial charge in [0.05, 0.1) is 23.5 Å². The van der Waals surface area contributed by atoms with Gasteiger partial charge in [0, 0.05) is 5.69 Å². The Labute approximate surface area is 99.9 Å². The average Bonchev–Trinajstić information content (AvgIpc) is 2.61. The summed E-state index contributed by atoms with van der Waals surface area (Å²) in [4.78, 5) is 15.6. The fourth-order valence-corrected chi connectivity index (χ4v) is 2.18. The van der Waals surface area contributed by atoms with Crippen molar-refractivity contribution in [3.05, 3.63) is 35.9 Å². The summed E-state index contributed by atoms with van der Waals surface area (Å²) >= 11 is 0. The number of nitrogens with zero attached hydrogens (tertiary/aromatic N) is 2. The van der Waals surface area contributed by atoms with E-state index in [1.165, 1.54) is 0 Å². The molecule has 2 rings (SSSR count). The fourth-order valence-electron chi connectivity index (χ4n) is 2.18. The highest BCUT2D eigenvalue weighted by Crippen LogP contribution is 2.26. The van der Waals surface area contributed by atoms with E-state index in [-0.39, 0.29) is 5.92 Å². The standard InChI is InChI=1S/C13H16N2O2/c1-8(2)12(13(16)17)11-6-4-5-10-9(3)14-7-15(10)11/h4-8,12H,1-3H3,(H,16,17). The van der Waals surface area contributed by atoms with E-state index < -0.39 is 11.9 Å². The third-order valence-electron chi connectivity index (χ3n) is 3.05. The molecule has 0 spiro atoms. The first kappa shape index (κ1) is 11.6. The molecule has 0 aliphatic heterocycles. The first-order chi connectivity index (χ1) is 8.02. The number of rotatable bonds is 3. The lowest BCUT2D eigenvalue weighted by Gasteiger charge is -2.18. The van der Waals surface area contributed by atoms with Crippen molar-refractivity contribution in [3.8, 4) is 0 Å². The number of carbonyl (C=O) groups is 1. The molecule has 4 nitrogen and oxygen atoms in total. The Hall–Kier alpha value is -1.84. The van der Waals surface area contributed by atoms with Crippen molar-refractivity contribution in [1.82, 2.24) is 9.38 Å². The summed E-state index contributed by atoms with van der Waals surface area (Å²) in [6.07, 6.45) is 1.69. The number of fused-ring (bicyclic) bond motifs is 1. The minimum absolute atomic E-state index is 0.0424. The maximum absolute atomic E-state index is 11.4. The Morgan fingerprint density at radius 3 is 2.71 bits per heavy atom. The molecule has 2 heterocycles. The van der Waals surface area contributed by atoms with E-state index in [4.69, 9.17) is 0 Å². The van der Waals surface area contributed by atoms with Crippen LogP contribution in [0.25, 0.3) is 5.52 Å². The van der Waals surface area contributed by atoms with E-state index in [0.717, 1.165) is 16.9 Å². The number of aryl methyl sites for hydroxylation is 1. The molecule has 0 fully saturated rings. The van der Waals surface area contributed by atoms with Gasteiger partial charge in [-0.1, -0.05) is 19.9 Å². The lowest BCUT2D eigenvalue weighted by atomic mass is 9.92. The van der Waals surface area contributed by atoms with Gasteiger partial charge in [0.25, 0.3) is 0 Å². The summed E-state index contributed by atoms with van der Waals surface area (Å²) in [6, 6.07) is 5.69. The third kappa shape index (κ3) is 1.90. The number of hydrogen-bond acceptors (Lipinski definition) is 2. The van der Waals surface area contributed by atoms with Gasteiger partial charge in [-0.3, -0.25) is 4.79 Å². The zero-order valence-electron chi connectivity index (χ0n) is 10.2. The van der Waals surface area contributed by atoms with Gasteiger partial charge in [-0.2, -0.15) is 0 Å². The van der Waals surface area contributed by atoms with E-state index in [9.17, 15) is 9.90 Å². The predicted molar refractivity (Wildman–Crippen MR) is 65.1 cm³/mol. The summed E-state index contributed by atoms with van der Waals surface area (Å²) in [6.45, 7) is 5.76. The molecule has 0 aromatic carbocycles. The van der Waals surface area contributed by atoms with E-state index >= 15 is 0 Å². The lowest BCUT2D eigenvalue weighted by molar-refractivity contribution is -0.140. The zero-order chi connectivity index (χ0) is 12.6. The Morgan fingerprint density at radius 1 is 1.41 bits per heavy atom. The fraction of sp³-hybridized carbons (Fsp3) is 0.385. The van der Waals surface area contributed by atoms with Gasteiger partial charge in [-0.15, -0.1) is 0 Å². The predicted octanol–water partition coefficient (Wildman–Crippen LogP) is 2.47. The Balaban J connectivity index is 2.65. The van der Waals surface area contributed by atoms with Crippen molar-refractivity contribution in [1.29, 1.82) is 0 Å². The van der Waals surface area contributed by atoms with Gasteiger partial charge >= 0.3 is 5.97 Å². The van der Waals surface area contributed by atoms with Crippen LogP contribution in [-0.2, 0) is 4.79 Å². The van der Waals surface area contributed by atoms with Crippen LogP contribution in [0, 0.1) is 12.8 Å². The second kappa shape index (κ2) is 4.20. The molecule has 17 heavy (non-hydrogen) atoms. The lowest BCUT2D eigenvalue weighted by Crippen LogP contribution is -2.20. The highest BCUT2D eigenvalue weighted by atomic mass is 16.4. The molecule has 2 aromatic heterocycles. The molecule has 0 saturated heterocycles. The first-order valence-corrected chi connectivity index (χ1v) is 5.67. The molecule has 0 radical (unpaired) electrons. The van der Waals surface area contributed by atoms with Crippen molar-refractivity contribution < 1.29 is 9.90 Å². The van der Waals surface area contributed by atoms with E-state index in [0.29, 0.717) is 0 Å². The minimum atomic E-state index is -0.793. The van der Waals surface area contributed by atoms with Gasteiger partial charge in [-0.05, 0) is 25.0 Å². The van der Waals surface area contributed by atoms with Crippen LogP contribution in [-0.4, -0.2) is 20.5 Å². The topological polar surface area (TPSA) is 54.6 Å². The van der Waals surface area contributed by atoms with Crippen LogP contribution < -0.4 is 0 Å². The van der Waals surface area contributed by atoms with Gasteiger partial charge in [0.15, 0.2) is 0 Å². The van der Waals surface area contributed by atoms with Crippen molar-refractivity contribution in [3.63, 3.8) is 0 Å². The van der Waals surface area contributed by atoms with Gasteiger partial charge in [0.1, 0.15) is 0 Å². The molecule has 4 heteroatoms. The molecule has 0 saturated carbocycles. The molecule has 1 atom stereocenters. The molecular formula is C13H16N2O2. The number of aliphatic carboxylic acids is 1. The third-order valence-corrected chi connectivity index (χ3v) is 3.05. The van der Waals surface area contributed by atoms with Gasteiger partial charge < -0.3 is 9.51 Å². The minimum Gasteiger partial charge on any atom is -0.481 e. The van der Waals surface area contributed by atoms with E-state index in [2.05, 4.69) is 4.98 Å². The number of pyridine rings is 1. The summed E-state index contributed by atoms with van der Waals surface area (Å²) < 4.78 is 1.87. The highest BCUT2D eigenvalue weighted by Gasteiger charge is 2.25. The second-order valence-electron chi connectivity index (χ2n) is 4.60. The maximum Gasteiger partial charge on any atom is 0.312 e.